The number of aromatic nitrogens is 1. The number of rotatable bonds is 2. The van der Waals surface area contributed by atoms with Crippen LogP contribution in [0.3, 0.4) is 0 Å². The maximum absolute atomic E-state index is 12.8. The first-order valence-corrected chi connectivity index (χ1v) is 10.5. The number of thiazole rings is 1. The van der Waals surface area contributed by atoms with Crippen molar-refractivity contribution in [3.63, 3.8) is 0 Å². The summed E-state index contributed by atoms with van der Waals surface area (Å²) in [5, 5.41) is 3.75. The minimum absolute atomic E-state index is 0.0404. The molecule has 0 bridgehead atoms. The summed E-state index contributed by atoms with van der Waals surface area (Å²) >= 11 is 3.20. The van der Waals surface area contributed by atoms with Crippen LogP contribution >= 0.6 is 22.7 Å². The van der Waals surface area contributed by atoms with Crippen LogP contribution in [0.5, 0.6) is 0 Å². The topological polar surface area (TPSA) is 45.2 Å². The Balaban J connectivity index is 1.40. The van der Waals surface area contributed by atoms with E-state index in [1.54, 1.807) is 22.7 Å². The third kappa shape index (κ3) is 2.78. The summed E-state index contributed by atoms with van der Waals surface area (Å²) in [4.78, 5) is 23.0. The van der Waals surface area contributed by atoms with Crippen LogP contribution in [0.4, 0.5) is 5.13 Å². The van der Waals surface area contributed by atoms with Crippen LogP contribution in [0.2, 0.25) is 0 Å². The van der Waals surface area contributed by atoms with E-state index < -0.39 is 0 Å². The normalized spacial score (nSPS) is 15.9. The van der Waals surface area contributed by atoms with Crippen molar-refractivity contribution < 1.29 is 4.79 Å². The Morgan fingerprint density at radius 3 is 2.92 bits per heavy atom. The van der Waals surface area contributed by atoms with Crippen LogP contribution in [-0.2, 0) is 25.8 Å². The van der Waals surface area contributed by atoms with E-state index in [1.165, 1.54) is 26.4 Å². The third-order valence-corrected chi connectivity index (χ3v) is 7.31. The molecular weight excluding hydrogens is 362 g/mol. The zero-order valence-corrected chi connectivity index (χ0v) is 16.2. The van der Waals surface area contributed by atoms with Gasteiger partial charge in [0.15, 0.2) is 5.13 Å². The maximum atomic E-state index is 12.8. The number of nitrogens with zero attached hydrogens (tertiary/aromatic N) is 2. The van der Waals surface area contributed by atoms with Gasteiger partial charge in [-0.2, -0.15) is 0 Å². The average Bonchev–Trinajstić information content (AvgIpc) is 3.24. The molecule has 132 valence electrons. The monoisotopic (exact) mass is 381 g/mol. The predicted molar refractivity (Wildman–Crippen MR) is 107 cm³/mol. The minimum atomic E-state index is -0.0404. The lowest BCUT2D eigenvalue weighted by Gasteiger charge is -2.20. The molecule has 0 atom stereocenters. The van der Waals surface area contributed by atoms with Gasteiger partial charge in [-0.15, -0.1) is 22.7 Å². The van der Waals surface area contributed by atoms with E-state index in [1.807, 2.05) is 0 Å². The predicted octanol–water partition coefficient (Wildman–Crippen LogP) is 4.21. The molecule has 2 aliphatic rings. The number of aryl methyl sites for hydroxylation is 2. The molecule has 0 saturated heterocycles. The highest BCUT2D eigenvalue weighted by Gasteiger charge is 2.23. The largest absolute Gasteiger partial charge is 0.301 e. The van der Waals surface area contributed by atoms with Gasteiger partial charge in [0.05, 0.1) is 10.6 Å². The Bertz CT molecular complexity index is 1000. The van der Waals surface area contributed by atoms with Gasteiger partial charge < -0.3 is 4.90 Å². The molecule has 0 radical (unpaired) electrons. The lowest BCUT2D eigenvalue weighted by molar-refractivity contribution is 0.103. The third-order valence-electron chi connectivity index (χ3n) is 5.10. The summed E-state index contributed by atoms with van der Waals surface area (Å²) in [5.74, 6) is -0.0404. The maximum Gasteiger partial charge on any atom is 0.267 e. The van der Waals surface area contributed by atoms with Crippen molar-refractivity contribution in [3.8, 4) is 10.4 Å². The number of likely N-dealkylation sites (N-methyl/N-ethyl adjacent to an activating group) is 1. The van der Waals surface area contributed by atoms with Crippen molar-refractivity contribution in [1.29, 1.82) is 0 Å². The van der Waals surface area contributed by atoms with Crippen molar-refractivity contribution in [1.82, 2.24) is 9.88 Å². The number of carbonyl (C=O) groups excluding carboxylic acids is 1. The Morgan fingerprint density at radius 2 is 2.00 bits per heavy atom. The van der Waals surface area contributed by atoms with E-state index in [4.69, 9.17) is 0 Å². The Morgan fingerprint density at radius 1 is 1.15 bits per heavy atom. The van der Waals surface area contributed by atoms with Gasteiger partial charge in [0, 0.05) is 29.3 Å². The highest BCUT2D eigenvalue weighted by Crippen LogP contribution is 2.39. The number of amides is 1. The molecule has 5 rings (SSSR count). The van der Waals surface area contributed by atoms with E-state index in [9.17, 15) is 4.79 Å². The van der Waals surface area contributed by atoms with Crippen LogP contribution in [0.1, 0.15) is 31.4 Å². The van der Waals surface area contributed by atoms with Crippen LogP contribution in [-0.4, -0.2) is 29.4 Å². The van der Waals surface area contributed by atoms with Gasteiger partial charge in [-0.25, -0.2) is 4.98 Å². The fourth-order valence-corrected chi connectivity index (χ4v) is 5.97. The fourth-order valence-electron chi connectivity index (χ4n) is 3.72. The van der Waals surface area contributed by atoms with Crippen molar-refractivity contribution >= 4 is 33.7 Å². The summed E-state index contributed by atoms with van der Waals surface area (Å²) in [6.45, 7) is 1.95. The Labute approximate surface area is 160 Å². The molecule has 1 aliphatic heterocycles. The minimum Gasteiger partial charge on any atom is -0.301 e. The highest BCUT2D eigenvalue weighted by atomic mass is 32.1. The number of fused-ring (bicyclic) bond motifs is 4. The van der Waals surface area contributed by atoms with E-state index in [2.05, 4.69) is 52.6 Å². The molecule has 0 unspecified atom stereocenters. The smallest absolute Gasteiger partial charge is 0.267 e. The molecule has 6 heteroatoms. The van der Waals surface area contributed by atoms with Crippen LogP contribution < -0.4 is 5.32 Å². The van der Waals surface area contributed by atoms with Crippen LogP contribution in [0, 0.1) is 0 Å². The number of hydrogen-bond acceptors (Lipinski definition) is 5. The lowest BCUT2D eigenvalue weighted by atomic mass is 9.91. The van der Waals surface area contributed by atoms with Gasteiger partial charge in [-0.3, -0.25) is 10.1 Å². The molecule has 0 spiro atoms. The number of anilines is 1. The van der Waals surface area contributed by atoms with E-state index in [-0.39, 0.29) is 5.91 Å². The number of thiophene rings is 1. The first kappa shape index (κ1) is 16.2. The highest BCUT2D eigenvalue weighted by molar-refractivity contribution is 7.18. The standard InChI is InChI=1S/C20H19N3OS2/c1-23-9-8-15-17(11-23)26-20(21-15)22-19(24)16-10-13-7-6-12-4-2-3-5-14(12)18(13)25-16/h2-5,10H,6-9,11H2,1H3,(H,21,22,24). The first-order valence-electron chi connectivity index (χ1n) is 8.87. The zero-order chi connectivity index (χ0) is 17.7. The molecule has 26 heavy (non-hydrogen) atoms. The number of hydrogen-bond donors (Lipinski definition) is 1. The SMILES string of the molecule is CN1CCc2nc(NC(=O)c3cc4c(s3)-c3ccccc3CC4)sc2C1. The second-order valence-corrected chi connectivity index (χ2v) is 9.09. The molecule has 3 heterocycles. The second kappa shape index (κ2) is 6.30. The molecule has 0 fully saturated rings. The van der Waals surface area contributed by atoms with Crippen molar-refractivity contribution in [2.45, 2.75) is 25.8 Å². The fraction of sp³-hybridized carbons (Fsp3) is 0.300. The Hall–Kier alpha value is -2.02. The molecule has 1 aromatic carbocycles. The summed E-state index contributed by atoms with van der Waals surface area (Å²) in [7, 11) is 2.12. The van der Waals surface area contributed by atoms with E-state index in [0.717, 1.165) is 48.1 Å². The quantitative estimate of drug-likeness (QED) is 0.723. The summed E-state index contributed by atoms with van der Waals surface area (Å²) < 4.78 is 0. The number of benzene rings is 1. The molecule has 1 amide bonds. The van der Waals surface area contributed by atoms with Crippen molar-refractivity contribution in [2.75, 3.05) is 18.9 Å². The Kier molecular flexibility index (Phi) is 3.92. The molecule has 1 aliphatic carbocycles. The second-order valence-electron chi connectivity index (χ2n) is 6.95. The van der Waals surface area contributed by atoms with Gasteiger partial charge in [-0.05, 0) is 42.6 Å². The van der Waals surface area contributed by atoms with E-state index in [0.29, 0.717) is 0 Å². The van der Waals surface area contributed by atoms with Gasteiger partial charge in [0.25, 0.3) is 5.91 Å². The first-order chi connectivity index (χ1) is 12.7. The van der Waals surface area contributed by atoms with Crippen LogP contribution in [0.25, 0.3) is 10.4 Å². The zero-order valence-electron chi connectivity index (χ0n) is 14.5. The molecular formula is C20H19N3OS2. The van der Waals surface area contributed by atoms with Gasteiger partial charge >= 0.3 is 0 Å². The summed E-state index contributed by atoms with van der Waals surface area (Å²) in [6, 6.07) is 10.6. The molecule has 0 saturated carbocycles. The van der Waals surface area contributed by atoms with Crippen molar-refractivity contribution in [3.05, 3.63) is 56.9 Å². The number of carbonyl (C=O) groups is 1. The number of nitrogens with one attached hydrogen (secondary N) is 1. The molecule has 3 aromatic rings. The average molecular weight is 382 g/mol. The lowest BCUT2D eigenvalue weighted by Crippen LogP contribution is -2.25. The van der Waals surface area contributed by atoms with Crippen molar-refractivity contribution in [2.24, 2.45) is 0 Å². The summed E-state index contributed by atoms with van der Waals surface area (Å²) in [5.41, 5.74) is 5.10. The van der Waals surface area contributed by atoms with E-state index >= 15 is 0 Å². The molecule has 2 aromatic heterocycles. The van der Waals surface area contributed by atoms with Crippen LogP contribution in [0.15, 0.2) is 30.3 Å². The van der Waals surface area contributed by atoms with Gasteiger partial charge in [0.1, 0.15) is 0 Å². The van der Waals surface area contributed by atoms with Gasteiger partial charge in [-0.1, -0.05) is 24.3 Å². The molecule has 1 N–H and O–H groups in total. The molecule has 4 nitrogen and oxygen atoms in total. The van der Waals surface area contributed by atoms with Gasteiger partial charge in [0.2, 0.25) is 0 Å². The summed E-state index contributed by atoms with van der Waals surface area (Å²) in [6.07, 6.45) is 3.02.